The van der Waals surface area contributed by atoms with E-state index in [-0.39, 0.29) is 16.7 Å². The maximum absolute atomic E-state index is 14.6. The molecule has 10 heteroatoms. The first kappa shape index (κ1) is 21.4. The van der Waals surface area contributed by atoms with Gasteiger partial charge in [0, 0.05) is 12.7 Å². The van der Waals surface area contributed by atoms with Crippen LogP contribution in [0.1, 0.15) is 48.9 Å². The maximum atomic E-state index is 14.6. The molecule has 1 aliphatic carbocycles. The van der Waals surface area contributed by atoms with Crippen molar-refractivity contribution in [2.45, 2.75) is 38.5 Å². The molecule has 1 fully saturated rings. The molecule has 2 atom stereocenters. The molecule has 6 nitrogen and oxygen atoms in total. The van der Waals surface area contributed by atoms with Gasteiger partial charge in [0.05, 0.1) is 28.7 Å². The fourth-order valence-corrected chi connectivity index (χ4v) is 3.92. The van der Waals surface area contributed by atoms with Gasteiger partial charge in [0.1, 0.15) is 17.5 Å². The molecule has 2 aliphatic rings. The quantitative estimate of drug-likeness (QED) is 0.569. The van der Waals surface area contributed by atoms with Gasteiger partial charge in [-0.15, -0.1) is 0 Å². The van der Waals surface area contributed by atoms with E-state index in [2.05, 4.69) is 26.7 Å². The number of ether oxygens (including phenoxy) is 1. The second-order valence-corrected chi connectivity index (χ2v) is 7.91. The fraction of sp³-hybridized carbons (Fsp3) is 0.381. The van der Waals surface area contributed by atoms with Crippen molar-refractivity contribution in [2.24, 2.45) is 5.41 Å². The summed E-state index contributed by atoms with van der Waals surface area (Å²) in [5.74, 6) is -0.291. The number of aromatic nitrogens is 2. The normalized spacial score (nSPS) is 19.7. The van der Waals surface area contributed by atoms with Gasteiger partial charge >= 0.3 is 0 Å². The third-order valence-electron chi connectivity index (χ3n) is 5.63. The lowest BCUT2D eigenvalue weighted by molar-refractivity contribution is 0.145. The SMILES string of the molecule is COC1Nc2nc(Cl)nc(N[C@H](C)c3cccc(C(F)F)c3F)c2C=C1C1(C#N)CC1. The van der Waals surface area contributed by atoms with Crippen LogP contribution in [0.25, 0.3) is 6.08 Å². The Morgan fingerprint density at radius 2 is 2.03 bits per heavy atom. The standard InChI is InChI=1S/C21H19ClF3N5O/c1-10(11-4-3-5-12(15(11)23)16(24)25)27-17-13-8-14(21(9-26)6-7-21)19(31-2)28-18(13)30-20(22)29-17/h3-5,8,10,16,19H,6-7H2,1-2H3,(H2,27,28,29,30)/t10-,19?/m1/s1. The van der Waals surface area contributed by atoms with Crippen molar-refractivity contribution in [3.8, 4) is 6.07 Å². The largest absolute Gasteiger partial charge is 0.363 e. The van der Waals surface area contributed by atoms with E-state index in [1.807, 2.05) is 0 Å². The van der Waals surface area contributed by atoms with Crippen LogP contribution in [0.4, 0.5) is 24.8 Å². The highest BCUT2D eigenvalue weighted by Crippen LogP contribution is 2.55. The summed E-state index contributed by atoms with van der Waals surface area (Å²) in [6, 6.07) is 5.52. The predicted molar refractivity (Wildman–Crippen MR) is 110 cm³/mol. The third kappa shape index (κ3) is 3.82. The summed E-state index contributed by atoms with van der Waals surface area (Å²) < 4.78 is 46.3. The molecule has 1 aromatic carbocycles. The van der Waals surface area contributed by atoms with E-state index in [4.69, 9.17) is 16.3 Å². The highest BCUT2D eigenvalue weighted by atomic mass is 35.5. The van der Waals surface area contributed by atoms with Crippen LogP contribution in [0, 0.1) is 22.6 Å². The van der Waals surface area contributed by atoms with Crippen LogP contribution in [-0.2, 0) is 4.74 Å². The molecule has 0 spiro atoms. The molecule has 4 rings (SSSR count). The van der Waals surface area contributed by atoms with Crippen molar-refractivity contribution in [1.29, 1.82) is 5.26 Å². The minimum absolute atomic E-state index is 0.0594. The summed E-state index contributed by atoms with van der Waals surface area (Å²) in [6.45, 7) is 1.63. The maximum Gasteiger partial charge on any atom is 0.266 e. The van der Waals surface area contributed by atoms with Crippen LogP contribution < -0.4 is 10.6 Å². The zero-order valence-electron chi connectivity index (χ0n) is 16.7. The Bertz CT molecular complexity index is 1100. The number of benzene rings is 1. The zero-order chi connectivity index (χ0) is 22.3. The number of nitriles is 1. The number of nitrogens with zero attached hydrogens (tertiary/aromatic N) is 3. The average molecular weight is 450 g/mol. The minimum Gasteiger partial charge on any atom is -0.363 e. The fourth-order valence-electron chi connectivity index (χ4n) is 3.75. The number of rotatable bonds is 6. The molecule has 2 heterocycles. The molecular weight excluding hydrogens is 431 g/mol. The van der Waals surface area contributed by atoms with Gasteiger partial charge in [0.15, 0.2) is 6.23 Å². The number of anilines is 2. The lowest BCUT2D eigenvalue weighted by Crippen LogP contribution is -2.32. The summed E-state index contributed by atoms with van der Waals surface area (Å²) in [7, 11) is 1.52. The first-order chi connectivity index (χ1) is 14.8. The van der Waals surface area contributed by atoms with Gasteiger partial charge < -0.3 is 15.4 Å². The van der Waals surface area contributed by atoms with Crippen molar-refractivity contribution in [1.82, 2.24) is 9.97 Å². The lowest BCUT2D eigenvalue weighted by Gasteiger charge is -2.30. The average Bonchev–Trinajstić information content (AvgIpc) is 3.53. The van der Waals surface area contributed by atoms with Crippen molar-refractivity contribution in [2.75, 3.05) is 17.7 Å². The van der Waals surface area contributed by atoms with Crippen LogP contribution in [0.3, 0.4) is 0 Å². The van der Waals surface area contributed by atoms with E-state index in [9.17, 15) is 18.4 Å². The second-order valence-electron chi connectivity index (χ2n) is 7.57. The van der Waals surface area contributed by atoms with Crippen LogP contribution in [0.2, 0.25) is 5.28 Å². The van der Waals surface area contributed by atoms with E-state index >= 15 is 0 Å². The number of fused-ring (bicyclic) bond motifs is 1. The lowest BCUT2D eigenvalue weighted by atomic mass is 9.91. The molecule has 1 unspecified atom stereocenters. The highest BCUT2D eigenvalue weighted by molar-refractivity contribution is 6.28. The summed E-state index contributed by atoms with van der Waals surface area (Å²) in [5, 5.41) is 15.7. The van der Waals surface area contributed by atoms with Gasteiger partial charge in [0.25, 0.3) is 6.43 Å². The summed E-state index contributed by atoms with van der Waals surface area (Å²) in [5.41, 5.74) is 0.0695. The Labute approximate surface area is 182 Å². The Balaban J connectivity index is 1.74. The molecule has 0 bridgehead atoms. The van der Waals surface area contributed by atoms with Gasteiger partial charge in [-0.05, 0) is 43.0 Å². The molecule has 0 amide bonds. The van der Waals surface area contributed by atoms with E-state index in [0.29, 0.717) is 24.2 Å². The molecule has 162 valence electrons. The minimum atomic E-state index is -2.92. The summed E-state index contributed by atoms with van der Waals surface area (Å²) in [4.78, 5) is 8.41. The number of alkyl halides is 2. The Morgan fingerprint density at radius 1 is 1.32 bits per heavy atom. The van der Waals surface area contributed by atoms with Crippen molar-refractivity contribution < 1.29 is 17.9 Å². The summed E-state index contributed by atoms with van der Waals surface area (Å²) >= 11 is 6.08. The van der Waals surface area contributed by atoms with Crippen LogP contribution in [0.15, 0.2) is 23.8 Å². The van der Waals surface area contributed by atoms with Crippen molar-refractivity contribution >= 4 is 29.3 Å². The number of nitrogens with one attached hydrogen (secondary N) is 2. The molecule has 1 aliphatic heterocycles. The number of halogens is 4. The Hall–Kier alpha value is -2.83. The van der Waals surface area contributed by atoms with Gasteiger partial charge in [0.2, 0.25) is 5.28 Å². The monoisotopic (exact) mass is 449 g/mol. The zero-order valence-corrected chi connectivity index (χ0v) is 17.5. The first-order valence-corrected chi connectivity index (χ1v) is 10.0. The van der Waals surface area contributed by atoms with E-state index < -0.39 is 35.5 Å². The van der Waals surface area contributed by atoms with Gasteiger partial charge in [-0.2, -0.15) is 10.2 Å². The summed E-state index contributed by atoms with van der Waals surface area (Å²) in [6.07, 6.45) is -0.259. The molecule has 31 heavy (non-hydrogen) atoms. The van der Waals surface area contributed by atoms with Crippen LogP contribution in [-0.4, -0.2) is 23.3 Å². The molecule has 1 aromatic heterocycles. The molecule has 2 aromatic rings. The van der Waals surface area contributed by atoms with Gasteiger partial charge in [-0.25, -0.2) is 18.2 Å². The molecule has 1 saturated carbocycles. The first-order valence-electron chi connectivity index (χ1n) is 9.63. The number of hydrogen-bond donors (Lipinski definition) is 2. The highest BCUT2D eigenvalue weighted by Gasteiger charge is 2.50. The topological polar surface area (TPSA) is 82.9 Å². The predicted octanol–water partition coefficient (Wildman–Crippen LogP) is 5.46. The molecule has 2 N–H and O–H groups in total. The Morgan fingerprint density at radius 3 is 2.65 bits per heavy atom. The van der Waals surface area contributed by atoms with Crippen LogP contribution in [0.5, 0.6) is 0 Å². The van der Waals surface area contributed by atoms with E-state index in [0.717, 1.165) is 11.6 Å². The molecule has 0 radical (unpaired) electrons. The number of hydrogen-bond acceptors (Lipinski definition) is 6. The third-order valence-corrected chi connectivity index (χ3v) is 5.80. The number of methoxy groups -OCH3 is 1. The van der Waals surface area contributed by atoms with E-state index in [1.165, 1.54) is 19.2 Å². The Kier molecular flexibility index (Phi) is 5.54. The van der Waals surface area contributed by atoms with E-state index in [1.54, 1.807) is 13.0 Å². The van der Waals surface area contributed by atoms with Gasteiger partial charge in [-0.3, -0.25) is 0 Å². The van der Waals surface area contributed by atoms with Crippen molar-refractivity contribution in [3.05, 3.63) is 51.6 Å². The smallest absolute Gasteiger partial charge is 0.266 e. The molecule has 0 saturated heterocycles. The van der Waals surface area contributed by atoms with Crippen LogP contribution >= 0.6 is 11.6 Å². The second kappa shape index (κ2) is 8.02. The van der Waals surface area contributed by atoms with Crippen molar-refractivity contribution in [3.63, 3.8) is 0 Å². The molecular formula is C21H19ClF3N5O. The van der Waals surface area contributed by atoms with Gasteiger partial charge in [-0.1, -0.05) is 18.2 Å².